The number of esters is 1. The number of carbonyl (C=O) groups is 1. The van der Waals surface area contributed by atoms with Crippen LogP contribution < -0.4 is 10.1 Å². The van der Waals surface area contributed by atoms with Gasteiger partial charge >= 0.3 is 5.97 Å². The molecule has 2 rings (SSSR count). The van der Waals surface area contributed by atoms with Crippen molar-refractivity contribution in [2.75, 3.05) is 28.3 Å². The van der Waals surface area contributed by atoms with Crippen LogP contribution in [0, 0.1) is 0 Å². The average molecular weight is 393 g/mol. The van der Waals surface area contributed by atoms with Gasteiger partial charge in [-0.2, -0.15) is 0 Å². The van der Waals surface area contributed by atoms with Gasteiger partial charge in [0.1, 0.15) is 11.3 Å². The van der Waals surface area contributed by atoms with Crippen molar-refractivity contribution in [1.82, 2.24) is 14.8 Å². The van der Waals surface area contributed by atoms with Gasteiger partial charge in [0.05, 0.1) is 25.8 Å². The Kier molecular flexibility index (Phi) is 7.12. The molecule has 0 unspecified atom stereocenters. The molecule has 1 aromatic carbocycles. The van der Waals surface area contributed by atoms with E-state index in [2.05, 4.69) is 10.3 Å². The molecule has 27 heavy (non-hydrogen) atoms. The monoisotopic (exact) mass is 392 g/mol. The third-order valence-electron chi connectivity index (χ3n) is 4.17. The largest absolute Gasteiger partial charge is 0.496 e. The number of hydrogen-bond donors (Lipinski definition) is 1. The summed E-state index contributed by atoms with van der Waals surface area (Å²) in [4.78, 5) is 18.1. The topological polar surface area (TPSA) is 68.1 Å². The van der Waals surface area contributed by atoms with E-state index in [0.717, 1.165) is 17.2 Å². The third-order valence-corrected chi connectivity index (χ3v) is 4.38. The highest BCUT2D eigenvalue weighted by molar-refractivity contribution is 6.30. The second-order valence-corrected chi connectivity index (χ2v) is 6.48. The number of benzene rings is 1. The highest BCUT2D eigenvalue weighted by atomic mass is 35.5. The minimum Gasteiger partial charge on any atom is -0.496 e. The van der Waals surface area contributed by atoms with E-state index >= 15 is 0 Å². The first kappa shape index (κ1) is 20.6. The van der Waals surface area contributed by atoms with Gasteiger partial charge in [-0.15, -0.1) is 0 Å². The molecule has 0 aliphatic rings. The summed E-state index contributed by atoms with van der Waals surface area (Å²) in [5, 5.41) is 4.02. The van der Waals surface area contributed by atoms with E-state index in [9.17, 15) is 4.79 Å². The van der Waals surface area contributed by atoms with E-state index in [4.69, 9.17) is 21.1 Å². The number of aromatic nitrogens is 1. The highest BCUT2D eigenvalue weighted by Gasteiger charge is 2.14. The van der Waals surface area contributed by atoms with Crippen LogP contribution >= 0.6 is 11.6 Å². The maximum absolute atomic E-state index is 11.8. The molecule has 0 amide bonds. The number of aryl methyl sites for hydroxylation is 1. The minimum atomic E-state index is -0.428. The van der Waals surface area contributed by atoms with E-state index in [1.165, 1.54) is 14.2 Å². The second-order valence-electron chi connectivity index (χ2n) is 6.04. The molecule has 0 radical (unpaired) electrons. The third kappa shape index (κ3) is 5.17. The first-order valence-electron chi connectivity index (χ1n) is 8.37. The van der Waals surface area contributed by atoms with Crippen molar-refractivity contribution in [2.45, 2.75) is 13.1 Å². The van der Waals surface area contributed by atoms with Gasteiger partial charge in [0.15, 0.2) is 5.96 Å². The molecular weight excluding hydrogens is 368 g/mol. The summed E-state index contributed by atoms with van der Waals surface area (Å²) in [7, 11) is 8.52. The average Bonchev–Trinajstić information content (AvgIpc) is 2.98. The molecule has 1 N–H and O–H groups in total. The van der Waals surface area contributed by atoms with Crippen LogP contribution in [-0.4, -0.2) is 49.7 Å². The lowest BCUT2D eigenvalue weighted by molar-refractivity contribution is 0.0597. The number of rotatable bonds is 6. The van der Waals surface area contributed by atoms with Gasteiger partial charge in [0, 0.05) is 39.6 Å². The summed E-state index contributed by atoms with van der Waals surface area (Å²) in [5.74, 6) is 0.786. The van der Waals surface area contributed by atoms with Crippen molar-refractivity contribution in [3.05, 3.63) is 52.3 Å². The number of hydrogen-bond acceptors (Lipinski definition) is 4. The number of halogens is 1. The van der Waals surface area contributed by atoms with Crippen LogP contribution in [0.1, 0.15) is 21.6 Å². The quantitative estimate of drug-likeness (QED) is 0.465. The number of methoxy groups -OCH3 is 2. The molecule has 146 valence electrons. The van der Waals surface area contributed by atoms with Crippen LogP contribution in [0.2, 0.25) is 5.02 Å². The molecule has 8 heteroatoms. The Hall–Kier alpha value is -2.67. The fraction of sp³-hybridized carbons (Fsp3) is 0.368. The lowest BCUT2D eigenvalue weighted by atomic mass is 10.1. The van der Waals surface area contributed by atoms with Crippen LogP contribution in [0.4, 0.5) is 0 Å². The summed E-state index contributed by atoms with van der Waals surface area (Å²) in [6.45, 7) is 1.19. The van der Waals surface area contributed by atoms with Gasteiger partial charge in [-0.25, -0.2) is 4.79 Å². The maximum atomic E-state index is 11.8. The minimum absolute atomic E-state index is 0.394. The normalized spacial score (nSPS) is 11.3. The molecule has 1 aromatic heterocycles. The number of nitrogens with zero attached hydrogens (tertiary/aromatic N) is 3. The lowest BCUT2D eigenvalue weighted by Gasteiger charge is -2.22. The van der Waals surface area contributed by atoms with Crippen molar-refractivity contribution in [3.8, 4) is 5.75 Å². The molecule has 0 saturated heterocycles. The van der Waals surface area contributed by atoms with Gasteiger partial charge in [-0.1, -0.05) is 17.7 Å². The van der Waals surface area contributed by atoms with E-state index in [1.807, 2.05) is 48.0 Å². The van der Waals surface area contributed by atoms with Crippen molar-refractivity contribution >= 4 is 23.5 Å². The maximum Gasteiger partial charge on any atom is 0.341 e. The van der Waals surface area contributed by atoms with Gasteiger partial charge in [0.2, 0.25) is 0 Å². The fourth-order valence-electron chi connectivity index (χ4n) is 2.73. The molecular formula is C19H25ClN4O3. The Morgan fingerprint density at radius 1 is 1.33 bits per heavy atom. The molecule has 0 bridgehead atoms. The Bertz CT molecular complexity index is 832. The van der Waals surface area contributed by atoms with Crippen LogP contribution in [0.15, 0.2) is 35.5 Å². The smallest absolute Gasteiger partial charge is 0.341 e. The zero-order valence-electron chi connectivity index (χ0n) is 16.2. The first-order valence-corrected chi connectivity index (χ1v) is 8.75. The molecule has 2 aromatic rings. The second kappa shape index (κ2) is 9.32. The Labute approximate surface area is 164 Å². The molecule has 0 atom stereocenters. The summed E-state index contributed by atoms with van der Waals surface area (Å²) >= 11 is 6.05. The Morgan fingerprint density at radius 2 is 2.07 bits per heavy atom. The van der Waals surface area contributed by atoms with Crippen LogP contribution in [-0.2, 0) is 24.9 Å². The Morgan fingerprint density at radius 3 is 2.63 bits per heavy atom. The summed E-state index contributed by atoms with van der Waals surface area (Å²) in [5.41, 5.74) is 2.43. The zero-order valence-corrected chi connectivity index (χ0v) is 17.0. The van der Waals surface area contributed by atoms with Crippen molar-refractivity contribution < 1.29 is 14.3 Å². The number of ether oxygens (including phenoxy) is 2. The SMILES string of the molecule is CN=C(NCc1ccc(C(=O)OC)c(OC)c1)N(C)Cc1cc(Cl)cn1C. The molecule has 0 saturated carbocycles. The van der Waals surface area contributed by atoms with E-state index < -0.39 is 5.97 Å². The number of nitrogens with one attached hydrogen (secondary N) is 1. The lowest BCUT2D eigenvalue weighted by Crippen LogP contribution is -2.38. The zero-order chi connectivity index (χ0) is 20.0. The molecule has 0 fully saturated rings. The van der Waals surface area contributed by atoms with E-state index in [1.54, 1.807) is 13.1 Å². The van der Waals surface area contributed by atoms with Gasteiger partial charge in [0.25, 0.3) is 0 Å². The predicted octanol–water partition coefficient (Wildman–Crippen LogP) is 2.68. The highest BCUT2D eigenvalue weighted by Crippen LogP contribution is 2.21. The Balaban J connectivity index is 2.05. The molecule has 0 aliphatic heterocycles. The predicted molar refractivity (Wildman–Crippen MR) is 106 cm³/mol. The fourth-order valence-corrected chi connectivity index (χ4v) is 3.00. The summed E-state index contributed by atoms with van der Waals surface area (Å²) in [6.07, 6.45) is 1.87. The van der Waals surface area contributed by atoms with Gasteiger partial charge in [-0.3, -0.25) is 4.99 Å². The molecule has 7 nitrogen and oxygen atoms in total. The molecule has 0 spiro atoms. The van der Waals surface area contributed by atoms with Crippen molar-refractivity contribution in [2.24, 2.45) is 12.0 Å². The summed E-state index contributed by atoms with van der Waals surface area (Å²) in [6, 6.07) is 7.29. The molecule has 1 heterocycles. The van der Waals surface area contributed by atoms with Crippen molar-refractivity contribution in [3.63, 3.8) is 0 Å². The number of guanidine groups is 1. The van der Waals surface area contributed by atoms with Gasteiger partial charge < -0.3 is 24.3 Å². The number of aliphatic imine (C=N–C) groups is 1. The van der Waals surface area contributed by atoms with Crippen LogP contribution in [0.25, 0.3) is 0 Å². The van der Waals surface area contributed by atoms with Crippen LogP contribution in [0.3, 0.4) is 0 Å². The standard InChI is InChI=1S/C19H25ClN4O3/c1-21-19(24(3)12-15-9-14(20)11-23(15)2)22-10-13-6-7-16(18(25)27-5)17(8-13)26-4/h6-9,11H,10,12H2,1-5H3,(H,21,22). The van der Waals surface area contributed by atoms with Gasteiger partial charge in [-0.05, 0) is 23.8 Å². The number of carbonyl (C=O) groups excluding carboxylic acids is 1. The summed E-state index contributed by atoms with van der Waals surface area (Å²) < 4.78 is 12.1. The first-order chi connectivity index (χ1) is 12.9. The van der Waals surface area contributed by atoms with E-state index in [0.29, 0.717) is 29.4 Å². The van der Waals surface area contributed by atoms with E-state index in [-0.39, 0.29) is 0 Å². The van der Waals surface area contributed by atoms with Crippen molar-refractivity contribution in [1.29, 1.82) is 0 Å². The molecule has 0 aliphatic carbocycles. The van der Waals surface area contributed by atoms with Crippen LogP contribution in [0.5, 0.6) is 5.75 Å².